The fourth-order valence-electron chi connectivity index (χ4n) is 5.05. The number of piperidine rings is 2. The summed E-state index contributed by atoms with van der Waals surface area (Å²) in [6, 6.07) is 0. The lowest BCUT2D eigenvalue weighted by Gasteiger charge is -2.47. The topological polar surface area (TPSA) is 58.6 Å². The summed E-state index contributed by atoms with van der Waals surface area (Å²) < 4.78 is 46.3. The van der Waals surface area contributed by atoms with Gasteiger partial charge in [0.1, 0.15) is 0 Å². The molecule has 1 amide bonds. The van der Waals surface area contributed by atoms with Gasteiger partial charge in [0.15, 0.2) is 5.69 Å². The number of fused-ring (bicyclic) bond motifs is 1. The Hall–Kier alpha value is -1.90. The first-order valence-electron chi connectivity index (χ1n) is 10.2. The summed E-state index contributed by atoms with van der Waals surface area (Å²) in [4.78, 5) is 24.8. The number of aromatic nitrogens is 2. The number of halogens is 3. The van der Waals surface area contributed by atoms with Gasteiger partial charge in [-0.3, -0.25) is 4.79 Å². The van der Waals surface area contributed by atoms with Crippen LogP contribution in [0.5, 0.6) is 0 Å². The summed E-state index contributed by atoms with van der Waals surface area (Å²) in [6.45, 7) is 1.50. The molecule has 9 heteroatoms. The van der Waals surface area contributed by atoms with Gasteiger partial charge >= 0.3 is 6.18 Å². The SMILES string of the molecule is COC1CN(C)C(=O)C2(CCN(c3nc4c(c(C(F)(F)F)n3)CCCC4)CC2)C1. The van der Waals surface area contributed by atoms with Crippen LogP contribution in [0.2, 0.25) is 0 Å². The molecule has 2 aliphatic heterocycles. The van der Waals surface area contributed by atoms with Gasteiger partial charge in [-0.2, -0.15) is 13.2 Å². The molecule has 1 spiro atoms. The highest BCUT2D eigenvalue weighted by Gasteiger charge is 2.48. The van der Waals surface area contributed by atoms with Crippen molar-refractivity contribution >= 4 is 11.9 Å². The van der Waals surface area contributed by atoms with Crippen molar-refractivity contribution in [2.24, 2.45) is 5.41 Å². The number of rotatable bonds is 2. The Morgan fingerprint density at radius 2 is 1.83 bits per heavy atom. The van der Waals surface area contributed by atoms with Crippen LogP contribution in [0.25, 0.3) is 0 Å². The Balaban J connectivity index is 1.58. The van der Waals surface area contributed by atoms with E-state index >= 15 is 0 Å². The van der Waals surface area contributed by atoms with Crippen LogP contribution in [0.1, 0.15) is 49.1 Å². The molecule has 1 aliphatic carbocycles. The third-order valence-corrected chi connectivity index (χ3v) is 6.67. The molecular weight excluding hydrogens is 385 g/mol. The Bertz CT molecular complexity index is 791. The van der Waals surface area contributed by atoms with E-state index < -0.39 is 17.3 Å². The molecule has 6 nitrogen and oxygen atoms in total. The van der Waals surface area contributed by atoms with E-state index in [1.54, 1.807) is 24.0 Å². The van der Waals surface area contributed by atoms with Crippen molar-refractivity contribution in [2.45, 2.75) is 57.2 Å². The second-order valence-electron chi connectivity index (χ2n) is 8.52. The first kappa shape index (κ1) is 20.4. The molecule has 0 N–H and O–H groups in total. The zero-order chi connectivity index (χ0) is 20.8. The zero-order valence-corrected chi connectivity index (χ0v) is 16.9. The van der Waals surface area contributed by atoms with Gasteiger partial charge < -0.3 is 14.5 Å². The summed E-state index contributed by atoms with van der Waals surface area (Å²) in [5, 5.41) is 0. The van der Waals surface area contributed by atoms with E-state index in [2.05, 4.69) is 9.97 Å². The van der Waals surface area contributed by atoms with Crippen LogP contribution in [-0.4, -0.2) is 60.7 Å². The van der Waals surface area contributed by atoms with Gasteiger partial charge in [0.05, 0.1) is 11.5 Å². The van der Waals surface area contributed by atoms with Crippen LogP contribution in [0.3, 0.4) is 0 Å². The molecule has 4 rings (SSSR count). The number of likely N-dealkylation sites (N-methyl/N-ethyl adjacent to an activating group) is 1. The molecule has 29 heavy (non-hydrogen) atoms. The minimum Gasteiger partial charge on any atom is -0.380 e. The number of hydrogen-bond donors (Lipinski definition) is 0. The van der Waals surface area contributed by atoms with Gasteiger partial charge in [0.25, 0.3) is 0 Å². The normalized spacial score (nSPS) is 24.7. The van der Waals surface area contributed by atoms with Crippen LogP contribution < -0.4 is 4.90 Å². The van der Waals surface area contributed by atoms with Gasteiger partial charge in [-0.05, 0) is 44.9 Å². The molecule has 3 aliphatic rings. The van der Waals surface area contributed by atoms with Gasteiger partial charge in [0, 0.05) is 45.0 Å². The van der Waals surface area contributed by atoms with Crippen molar-refractivity contribution in [3.63, 3.8) is 0 Å². The smallest absolute Gasteiger partial charge is 0.380 e. The fraction of sp³-hybridized carbons (Fsp3) is 0.750. The lowest BCUT2D eigenvalue weighted by molar-refractivity contribution is -0.153. The number of alkyl halides is 3. The van der Waals surface area contributed by atoms with Crippen molar-refractivity contribution < 1.29 is 22.7 Å². The van der Waals surface area contributed by atoms with Crippen molar-refractivity contribution in [1.29, 1.82) is 0 Å². The number of methoxy groups -OCH3 is 1. The largest absolute Gasteiger partial charge is 0.433 e. The quantitative estimate of drug-likeness (QED) is 0.748. The average Bonchev–Trinajstić information content (AvgIpc) is 2.70. The molecule has 1 unspecified atom stereocenters. The third kappa shape index (κ3) is 3.69. The highest BCUT2D eigenvalue weighted by atomic mass is 19.4. The molecule has 2 saturated heterocycles. The van der Waals surface area contributed by atoms with E-state index in [1.165, 1.54) is 0 Å². The lowest BCUT2D eigenvalue weighted by atomic mass is 9.71. The van der Waals surface area contributed by atoms with Gasteiger partial charge in [-0.25, -0.2) is 9.97 Å². The van der Waals surface area contributed by atoms with Crippen LogP contribution in [0.15, 0.2) is 0 Å². The molecule has 0 radical (unpaired) electrons. The zero-order valence-electron chi connectivity index (χ0n) is 16.9. The predicted molar refractivity (Wildman–Crippen MR) is 101 cm³/mol. The van der Waals surface area contributed by atoms with Crippen molar-refractivity contribution in [2.75, 3.05) is 38.7 Å². The van der Waals surface area contributed by atoms with E-state index in [4.69, 9.17) is 4.74 Å². The van der Waals surface area contributed by atoms with Crippen molar-refractivity contribution in [3.05, 3.63) is 17.0 Å². The minimum absolute atomic E-state index is 0.0129. The maximum absolute atomic E-state index is 13.6. The molecule has 0 saturated carbocycles. The highest BCUT2D eigenvalue weighted by molar-refractivity contribution is 5.83. The monoisotopic (exact) mass is 412 g/mol. The molecule has 1 atom stereocenters. The first-order chi connectivity index (χ1) is 13.7. The molecule has 3 heterocycles. The van der Waals surface area contributed by atoms with Crippen LogP contribution in [0, 0.1) is 5.41 Å². The summed E-state index contributed by atoms with van der Waals surface area (Å²) in [6.07, 6.45) is -0.179. The Labute approximate surface area is 168 Å². The number of aryl methyl sites for hydroxylation is 1. The van der Waals surface area contributed by atoms with E-state index in [0.717, 1.165) is 12.8 Å². The van der Waals surface area contributed by atoms with Crippen molar-refractivity contribution in [1.82, 2.24) is 14.9 Å². The standard InChI is InChI=1S/C20H27F3N4O2/c1-26-12-13(29-2)11-19(17(26)28)7-9-27(10-8-19)18-24-15-6-4-3-5-14(15)16(25-18)20(21,22)23/h13H,3-12H2,1-2H3. The Morgan fingerprint density at radius 1 is 1.14 bits per heavy atom. The summed E-state index contributed by atoms with van der Waals surface area (Å²) in [7, 11) is 3.43. The maximum atomic E-state index is 13.6. The van der Waals surface area contributed by atoms with E-state index in [1.807, 2.05) is 0 Å². The van der Waals surface area contributed by atoms with Crippen molar-refractivity contribution in [3.8, 4) is 0 Å². The number of carbonyl (C=O) groups excluding carboxylic acids is 1. The van der Waals surface area contributed by atoms with Crippen LogP contribution in [-0.2, 0) is 28.5 Å². The predicted octanol–water partition coefficient (Wildman–Crippen LogP) is 2.84. The number of nitrogens with zero attached hydrogens (tertiary/aromatic N) is 4. The average molecular weight is 412 g/mol. The van der Waals surface area contributed by atoms with Crippen LogP contribution in [0.4, 0.5) is 19.1 Å². The minimum atomic E-state index is -4.48. The summed E-state index contributed by atoms with van der Waals surface area (Å²) in [5.41, 5.74) is -0.509. The van der Waals surface area contributed by atoms with Crippen LogP contribution >= 0.6 is 0 Å². The highest BCUT2D eigenvalue weighted by Crippen LogP contribution is 2.42. The van der Waals surface area contributed by atoms with Gasteiger partial charge in [-0.1, -0.05) is 0 Å². The third-order valence-electron chi connectivity index (χ3n) is 6.67. The van der Waals surface area contributed by atoms with E-state index in [-0.39, 0.29) is 23.5 Å². The number of anilines is 1. The number of likely N-dealkylation sites (tertiary alicyclic amines) is 1. The molecule has 2 fully saturated rings. The Kier molecular flexibility index (Phi) is 5.21. The van der Waals surface area contributed by atoms with Gasteiger partial charge in [0.2, 0.25) is 11.9 Å². The van der Waals surface area contributed by atoms with Gasteiger partial charge in [-0.15, -0.1) is 0 Å². The fourth-order valence-corrected chi connectivity index (χ4v) is 5.05. The first-order valence-corrected chi connectivity index (χ1v) is 10.2. The molecule has 1 aromatic rings. The number of carbonyl (C=O) groups is 1. The second kappa shape index (κ2) is 7.41. The number of ether oxygens (including phenoxy) is 1. The maximum Gasteiger partial charge on any atom is 0.433 e. The number of amides is 1. The number of hydrogen-bond acceptors (Lipinski definition) is 5. The summed E-state index contributed by atoms with van der Waals surface area (Å²) >= 11 is 0. The molecule has 1 aromatic heterocycles. The molecule has 160 valence electrons. The van der Waals surface area contributed by atoms with E-state index in [9.17, 15) is 18.0 Å². The second-order valence-corrected chi connectivity index (χ2v) is 8.52. The van der Waals surface area contributed by atoms with E-state index in [0.29, 0.717) is 57.4 Å². The molecule has 0 bridgehead atoms. The Morgan fingerprint density at radius 3 is 2.48 bits per heavy atom. The summed E-state index contributed by atoms with van der Waals surface area (Å²) in [5.74, 6) is 0.250. The lowest BCUT2D eigenvalue weighted by Crippen LogP contribution is -2.56. The molecule has 0 aromatic carbocycles. The molecular formula is C20H27F3N4O2.